The summed E-state index contributed by atoms with van der Waals surface area (Å²) in [5.74, 6) is -0.775. The maximum absolute atomic E-state index is 12.9. The van der Waals surface area contributed by atoms with Gasteiger partial charge in [0.25, 0.3) is 11.1 Å². The van der Waals surface area contributed by atoms with E-state index in [0.717, 1.165) is 41.7 Å². The quantitative estimate of drug-likeness (QED) is 0.378. The molecular weight excluding hydrogens is 448 g/mol. The van der Waals surface area contributed by atoms with Crippen LogP contribution in [0.3, 0.4) is 0 Å². The minimum absolute atomic E-state index is 0.0269. The van der Waals surface area contributed by atoms with E-state index in [1.54, 1.807) is 13.0 Å². The van der Waals surface area contributed by atoms with E-state index in [9.17, 15) is 14.4 Å². The van der Waals surface area contributed by atoms with Crippen LogP contribution >= 0.6 is 23.4 Å². The zero-order chi connectivity index (χ0) is 23.8. The zero-order valence-electron chi connectivity index (χ0n) is 19.5. The SMILES string of the molecule is CCCN1c2cc(Cl)c(/C=C3\SC(=O)N(C(C)C(=O)OCC)C3=O)cc2C(C)CC1(C)C. The molecule has 2 amide bonds. The average Bonchev–Trinajstić information content (AvgIpc) is 2.98. The van der Waals surface area contributed by atoms with E-state index < -0.39 is 23.2 Å². The highest BCUT2D eigenvalue weighted by atomic mass is 35.5. The molecule has 0 aliphatic carbocycles. The molecule has 6 nitrogen and oxygen atoms in total. The molecule has 3 rings (SSSR count). The van der Waals surface area contributed by atoms with Gasteiger partial charge in [0.2, 0.25) is 0 Å². The van der Waals surface area contributed by atoms with Gasteiger partial charge in [-0.25, -0.2) is 4.79 Å². The van der Waals surface area contributed by atoms with Crippen molar-refractivity contribution in [1.82, 2.24) is 4.90 Å². The van der Waals surface area contributed by atoms with Crippen LogP contribution in [0.15, 0.2) is 17.0 Å². The maximum atomic E-state index is 12.9. The van der Waals surface area contributed by atoms with E-state index in [0.29, 0.717) is 16.5 Å². The van der Waals surface area contributed by atoms with Crippen LogP contribution in [0.25, 0.3) is 6.08 Å². The number of halogens is 1. The van der Waals surface area contributed by atoms with Crippen LogP contribution in [0.5, 0.6) is 0 Å². The molecule has 32 heavy (non-hydrogen) atoms. The average molecular weight is 479 g/mol. The first-order valence-corrected chi connectivity index (χ1v) is 12.3. The number of hydrogen-bond donors (Lipinski definition) is 0. The van der Waals surface area contributed by atoms with Gasteiger partial charge in [-0.3, -0.25) is 14.5 Å². The second-order valence-electron chi connectivity index (χ2n) is 8.98. The second-order valence-corrected chi connectivity index (χ2v) is 10.4. The van der Waals surface area contributed by atoms with Crippen LogP contribution in [-0.2, 0) is 14.3 Å². The molecular formula is C24H31ClN2O4S. The molecule has 1 fully saturated rings. The van der Waals surface area contributed by atoms with E-state index in [1.807, 2.05) is 12.1 Å². The third kappa shape index (κ3) is 4.55. The molecule has 0 spiro atoms. The molecule has 2 heterocycles. The highest BCUT2D eigenvalue weighted by molar-refractivity contribution is 8.18. The van der Waals surface area contributed by atoms with Crippen molar-refractivity contribution >= 4 is 52.2 Å². The van der Waals surface area contributed by atoms with Gasteiger partial charge in [-0.15, -0.1) is 0 Å². The van der Waals surface area contributed by atoms with Crippen LogP contribution in [0.4, 0.5) is 10.5 Å². The largest absolute Gasteiger partial charge is 0.464 e. The van der Waals surface area contributed by atoms with Crippen molar-refractivity contribution in [1.29, 1.82) is 0 Å². The summed E-state index contributed by atoms with van der Waals surface area (Å²) in [5, 5.41) is 0.0418. The number of imide groups is 1. The number of ether oxygens (including phenoxy) is 1. The summed E-state index contributed by atoms with van der Waals surface area (Å²) in [7, 11) is 0. The fraction of sp³-hybridized carbons (Fsp3) is 0.542. The van der Waals surface area contributed by atoms with Gasteiger partial charge in [-0.1, -0.05) is 25.4 Å². The number of anilines is 1. The van der Waals surface area contributed by atoms with Crippen LogP contribution in [0, 0.1) is 0 Å². The van der Waals surface area contributed by atoms with Crippen molar-refractivity contribution in [3.63, 3.8) is 0 Å². The number of nitrogens with zero attached hydrogens (tertiary/aromatic N) is 2. The van der Waals surface area contributed by atoms with Crippen molar-refractivity contribution in [2.45, 2.75) is 71.9 Å². The molecule has 8 heteroatoms. The first-order chi connectivity index (χ1) is 15.0. The first kappa shape index (κ1) is 24.6. The fourth-order valence-corrected chi connectivity index (χ4v) is 5.71. The number of carbonyl (C=O) groups is 3. The Morgan fingerprint density at radius 2 is 2.03 bits per heavy atom. The molecule has 0 bridgehead atoms. The second kappa shape index (κ2) is 9.48. The van der Waals surface area contributed by atoms with Crippen LogP contribution in [0.2, 0.25) is 5.02 Å². The molecule has 174 valence electrons. The summed E-state index contributed by atoms with van der Waals surface area (Å²) in [6.07, 6.45) is 3.69. The van der Waals surface area contributed by atoms with Crippen molar-refractivity contribution in [3.05, 3.63) is 33.2 Å². The Kier molecular flexibility index (Phi) is 7.30. The molecule has 1 aromatic carbocycles. The molecule has 1 aromatic rings. The lowest BCUT2D eigenvalue weighted by molar-refractivity contribution is -0.150. The third-order valence-corrected chi connectivity index (χ3v) is 7.29. The Morgan fingerprint density at radius 1 is 1.34 bits per heavy atom. The van der Waals surface area contributed by atoms with E-state index in [1.165, 1.54) is 12.5 Å². The van der Waals surface area contributed by atoms with Crippen LogP contribution in [0.1, 0.15) is 71.4 Å². The molecule has 0 saturated carbocycles. The Hall–Kier alpha value is -1.99. The molecule has 1 saturated heterocycles. The third-order valence-electron chi connectivity index (χ3n) is 6.08. The van der Waals surface area contributed by atoms with Crippen molar-refractivity contribution < 1.29 is 19.1 Å². The van der Waals surface area contributed by atoms with Crippen LogP contribution < -0.4 is 4.90 Å². The summed E-state index contributed by atoms with van der Waals surface area (Å²) in [6, 6.07) is 3.03. The van der Waals surface area contributed by atoms with Crippen LogP contribution in [-0.4, -0.2) is 46.7 Å². The number of hydrogen-bond acceptors (Lipinski definition) is 6. The highest BCUT2D eigenvalue weighted by Crippen LogP contribution is 2.46. The Labute approximate surface area is 199 Å². The van der Waals surface area contributed by atoms with E-state index in [4.69, 9.17) is 16.3 Å². The van der Waals surface area contributed by atoms with E-state index in [-0.39, 0.29) is 17.1 Å². The number of fused-ring (bicyclic) bond motifs is 1. The van der Waals surface area contributed by atoms with Gasteiger partial charge in [0, 0.05) is 22.8 Å². The van der Waals surface area contributed by atoms with Gasteiger partial charge in [0.15, 0.2) is 0 Å². The van der Waals surface area contributed by atoms with Gasteiger partial charge in [-0.05, 0) is 87.6 Å². The lowest BCUT2D eigenvalue weighted by Crippen LogP contribution is -2.48. The summed E-state index contributed by atoms with van der Waals surface area (Å²) < 4.78 is 4.97. The molecule has 2 atom stereocenters. The van der Waals surface area contributed by atoms with Gasteiger partial charge < -0.3 is 9.64 Å². The summed E-state index contributed by atoms with van der Waals surface area (Å²) >= 11 is 7.47. The van der Waals surface area contributed by atoms with Crippen molar-refractivity contribution in [3.8, 4) is 0 Å². The van der Waals surface area contributed by atoms with Crippen molar-refractivity contribution in [2.75, 3.05) is 18.1 Å². The predicted octanol–water partition coefficient (Wildman–Crippen LogP) is 5.83. The molecule has 0 radical (unpaired) electrons. The first-order valence-electron chi connectivity index (χ1n) is 11.1. The number of carbonyl (C=O) groups excluding carboxylic acids is 3. The fourth-order valence-electron chi connectivity index (χ4n) is 4.60. The number of esters is 1. The lowest BCUT2D eigenvalue weighted by Gasteiger charge is -2.47. The predicted molar refractivity (Wildman–Crippen MR) is 130 cm³/mol. The molecule has 0 N–H and O–H groups in total. The normalized spacial score (nSPS) is 22.3. The van der Waals surface area contributed by atoms with Gasteiger partial charge in [0.1, 0.15) is 6.04 Å². The Balaban J connectivity index is 1.97. The van der Waals surface area contributed by atoms with Crippen molar-refractivity contribution in [2.24, 2.45) is 0 Å². The maximum Gasteiger partial charge on any atom is 0.329 e. The minimum Gasteiger partial charge on any atom is -0.464 e. The highest BCUT2D eigenvalue weighted by Gasteiger charge is 2.42. The Morgan fingerprint density at radius 3 is 2.66 bits per heavy atom. The molecule has 2 unspecified atom stereocenters. The van der Waals surface area contributed by atoms with Gasteiger partial charge in [0.05, 0.1) is 11.5 Å². The van der Waals surface area contributed by atoms with E-state index >= 15 is 0 Å². The molecule has 2 aliphatic heterocycles. The monoisotopic (exact) mass is 478 g/mol. The van der Waals surface area contributed by atoms with Gasteiger partial charge in [-0.2, -0.15) is 0 Å². The number of benzene rings is 1. The molecule has 2 aliphatic rings. The number of thioether (sulfide) groups is 1. The summed E-state index contributed by atoms with van der Waals surface area (Å²) in [4.78, 5) is 41.1. The van der Waals surface area contributed by atoms with Gasteiger partial charge >= 0.3 is 5.97 Å². The number of rotatable bonds is 6. The Bertz CT molecular complexity index is 975. The summed E-state index contributed by atoms with van der Waals surface area (Å²) in [5.41, 5.74) is 3.04. The summed E-state index contributed by atoms with van der Waals surface area (Å²) in [6.45, 7) is 13.2. The smallest absolute Gasteiger partial charge is 0.329 e. The lowest BCUT2D eigenvalue weighted by atomic mass is 9.79. The molecule has 0 aromatic heterocycles. The van der Waals surface area contributed by atoms with E-state index in [2.05, 4.69) is 32.6 Å². The number of amides is 2. The topological polar surface area (TPSA) is 66.9 Å². The zero-order valence-corrected chi connectivity index (χ0v) is 21.1. The minimum atomic E-state index is -0.975. The standard InChI is InChI=1S/C24H31ClN2O4S/c1-7-9-26-19-12-18(25)16(10-17(19)14(3)13-24(26,5)6)11-20-21(28)27(23(30)32-20)15(4)22(29)31-8-2/h10-12,14-15H,7-9,13H2,1-6H3/b20-11-.